The summed E-state index contributed by atoms with van der Waals surface area (Å²) in [4.78, 5) is 10.3. The van der Waals surface area contributed by atoms with Gasteiger partial charge in [-0.2, -0.15) is 0 Å². The molecule has 0 radical (unpaired) electrons. The molecule has 1 aromatic heterocycles. The van der Waals surface area contributed by atoms with Gasteiger partial charge < -0.3 is 10.8 Å². The van der Waals surface area contributed by atoms with Crippen LogP contribution in [0, 0.1) is 0 Å². The van der Waals surface area contributed by atoms with E-state index in [0.29, 0.717) is 0 Å². The fraction of sp³-hybridized carbons (Fsp3) is 0.286. The number of rotatable bonds is 3. The second kappa shape index (κ2) is 4.02. The van der Waals surface area contributed by atoms with E-state index in [9.17, 15) is 4.79 Å². The van der Waals surface area contributed by atoms with Gasteiger partial charge in [-0.05, 0) is 32.9 Å². The molecule has 3 nitrogen and oxygen atoms in total. The molecule has 12 heavy (non-hydrogen) atoms. The summed E-state index contributed by atoms with van der Waals surface area (Å²) in [6.07, 6.45) is -0.0324. The van der Waals surface area contributed by atoms with Crippen molar-refractivity contribution in [3.8, 4) is 0 Å². The molecule has 0 aliphatic heterocycles. The Morgan fingerprint density at radius 2 is 2.50 bits per heavy atom. The molecule has 66 valence electrons. The first-order valence-corrected chi connectivity index (χ1v) is 4.99. The van der Waals surface area contributed by atoms with Crippen LogP contribution in [0.2, 0.25) is 0 Å². The monoisotopic (exact) mass is 249 g/mol. The van der Waals surface area contributed by atoms with Gasteiger partial charge in [-0.15, -0.1) is 11.3 Å². The van der Waals surface area contributed by atoms with E-state index in [-0.39, 0.29) is 6.42 Å². The summed E-state index contributed by atoms with van der Waals surface area (Å²) in [7, 11) is 0. The third kappa shape index (κ3) is 2.30. The van der Waals surface area contributed by atoms with Crippen LogP contribution in [0.25, 0.3) is 0 Å². The van der Waals surface area contributed by atoms with Crippen molar-refractivity contribution in [1.29, 1.82) is 0 Å². The zero-order valence-electron chi connectivity index (χ0n) is 6.16. The average Bonchev–Trinajstić information content (AvgIpc) is 2.33. The number of aliphatic carboxylic acids is 1. The van der Waals surface area contributed by atoms with Gasteiger partial charge in [-0.25, -0.2) is 0 Å². The van der Waals surface area contributed by atoms with Gasteiger partial charge >= 0.3 is 5.97 Å². The fourth-order valence-electron chi connectivity index (χ4n) is 0.868. The van der Waals surface area contributed by atoms with Crippen molar-refractivity contribution >= 4 is 33.2 Å². The Balaban J connectivity index is 2.71. The lowest BCUT2D eigenvalue weighted by Gasteiger charge is -2.06. The predicted molar refractivity (Wildman–Crippen MR) is 51.2 cm³/mol. The van der Waals surface area contributed by atoms with E-state index in [0.717, 1.165) is 9.35 Å². The van der Waals surface area contributed by atoms with Gasteiger partial charge in [0.1, 0.15) is 0 Å². The molecule has 0 saturated heterocycles. The van der Waals surface area contributed by atoms with Gasteiger partial charge in [-0.1, -0.05) is 0 Å². The largest absolute Gasteiger partial charge is 0.481 e. The van der Waals surface area contributed by atoms with Gasteiger partial charge in [0.2, 0.25) is 0 Å². The van der Waals surface area contributed by atoms with Gasteiger partial charge in [0.15, 0.2) is 0 Å². The van der Waals surface area contributed by atoms with Crippen LogP contribution in [0.5, 0.6) is 0 Å². The van der Waals surface area contributed by atoms with Gasteiger partial charge in [0, 0.05) is 6.04 Å². The number of carboxylic acids is 1. The molecule has 0 aliphatic rings. The maximum Gasteiger partial charge on any atom is 0.305 e. The summed E-state index contributed by atoms with van der Waals surface area (Å²) in [5, 5.41) is 10.4. The molecule has 5 heteroatoms. The van der Waals surface area contributed by atoms with Crippen LogP contribution in [0.4, 0.5) is 0 Å². The first kappa shape index (κ1) is 9.70. The van der Waals surface area contributed by atoms with E-state index in [1.54, 1.807) is 0 Å². The second-order valence-electron chi connectivity index (χ2n) is 2.35. The molecule has 0 fully saturated rings. The second-order valence-corrected chi connectivity index (χ2v) is 4.59. The quantitative estimate of drug-likeness (QED) is 0.862. The van der Waals surface area contributed by atoms with Gasteiger partial charge in [0.05, 0.1) is 10.2 Å². The van der Waals surface area contributed by atoms with Crippen LogP contribution in [0.3, 0.4) is 0 Å². The van der Waals surface area contributed by atoms with Crippen LogP contribution in [0.1, 0.15) is 18.0 Å². The van der Waals surface area contributed by atoms with Crippen molar-refractivity contribution in [3.05, 3.63) is 20.8 Å². The zero-order valence-corrected chi connectivity index (χ0v) is 8.56. The summed E-state index contributed by atoms with van der Waals surface area (Å²) < 4.78 is 0.913. The van der Waals surface area contributed by atoms with Crippen LogP contribution in [0.15, 0.2) is 15.2 Å². The van der Waals surface area contributed by atoms with Crippen LogP contribution >= 0.6 is 27.3 Å². The molecule has 0 amide bonds. The van der Waals surface area contributed by atoms with E-state index in [1.165, 1.54) is 11.3 Å². The number of hydrogen-bond donors (Lipinski definition) is 2. The van der Waals surface area contributed by atoms with E-state index in [2.05, 4.69) is 15.9 Å². The van der Waals surface area contributed by atoms with E-state index in [1.807, 2.05) is 11.4 Å². The van der Waals surface area contributed by atoms with Crippen molar-refractivity contribution in [3.63, 3.8) is 0 Å². The summed E-state index contributed by atoms with van der Waals surface area (Å²) >= 11 is 4.81. The minimum atomic E-state index is -0.874. The molecule has 0 saturated carbocycles. The van der Waals surface area contributed by atoms with E-state index < -0.39 is 12.0 Å². The lowest BCUT2D eigenvalue weighted by molar-refractivity contribution is -0.137. The van der Waals surface area contributed by atoms with Crippen LogP contribution < -0.4 is 5.73 Å². The molecule has 0 aliphatic carbocycles. The minimum Gasteiger partial charge on any atom is -0.481 e. The molecular weight excluding hydrogens is 242 g/mol. The zero-order chi connectivity index (χ0) is 9.14. The number of halogens is 1. The molecule has 1 aromatic rings. The molecule has 1 heterocycles. The Labute approximate surface area is 82.3 Å². The lowest BCUT2D eigenvalue weighted by atomic mass is 10.1. The molecule has 1 atom stereocenters. The Bertz CT molecular complexity index is 287. The van der Waals surface area contributed by atoms with Crippen molar-refractivity contribution in [2.45, 2.75) is 12.5 Å². The maximum atomic E-state index is 10.3. The van der Waals surface area contributed by atoms with Crippen LogP contribution in [-0.4, -0.2) is 11.1 Å². The number of carbonyl (C=O) groups is 1. The highest BCUT2D eigenvalue weighted by molar-refractivity contribution is 9.11. The molecule has 0 aromatic carbocycles. The maximum absolute atomic E-state index is 10.3. The molecule has 1 rings (SSSR count). The topological polar surface area (TPSA) is 63.3 Å². The molecule has 3 N–H and O–H groups in total. The number of nitrogens with two attached hydrogens (primary N) is 1. The van der Waals surface area contributed by atoms with Crippen molar-refractivity contribution in [1.82, 2.24) is 0 Å². The number of thiophene rings is 1. The molecular formula is C7H8BrNO2S. The van der Waals surface area contributed by atoms with Gasteiger partial charge in [-0.3, -0.25) is 4.79 Å². The standard InChI is InChI=1S/C7H8BrNO2S/c8-7-4(1-2-12-7)5(9)3-6(10)11/h1-2,5H,3,9H2,(H,10,11)/t5-/m0/s1. The van der Waals surface area contributed by atoms with E-state index in [4.69, 9.17) is 10.8 Å². The van der Waals surface area contributed by atoms with E-state index >= 15 is 0 Å². The Morgan fingerprint density at radius 3 is 2.92 bits per heavy atom. The van der Waals surface area contributed by atoms with Crippen molar-refractivity contribution in [2.75, 3.05) is 0 Å². The molecule has 0 unspecified atom stereocenters. The first-order chi connectivity index (χ1) is 5.61. The Morgan fingerprint density at radius 1 is 1.83 bits per heavy atom. The number of carboxylic acid groups (broad SMARTS) is 1. The van der Waals surface area contributed by atoms with Crippen molar-refractivity contribution < 1.29 is 9.90 Å². The number of hydrogen-bond acceptors (Lipinski definition) is 3. The fourth-order valence-corrected chi connectivity index (χ4v) is 2.31. The highest BCUT2D eigenvalue weighted by Gasteiger charge is 2.13. The highest BCUT2D eigenvalue weighted by atomic mass is 79.9. The summed E-state index contributed by atoms with van der Waals surface area (Å²) in [6, 6.07) is 1.42. The first-order valence-electron chi connectivity index (χ1n) is 3.31. The average molecular weight is 250 g/mol. The SMILES string of the molecule is N[C@@H](CC(=O)O)c1ccsc1Br. The minimum absolute atomic E-state index is 0.0324. The summed E-state index contributed by atoms with van der Waals surface area (Å²) in [5.41, 5.74) is 6.50. The molecule has 0 spiro atoms. The summed E-state index contributed by atoms with van der Waals surface area (Å²) in [5.74, 6) is -0.874. The third-order valence-electron chi connectivity index (χ3n) is 1.44. The van der Waals surface area contributed by atoms with Crippen LogP contribution in [-0.2, 0) is 4.79 Å². The molecule has 0 bridgehead atoms. The van der Waals surface area contributed by atoms with Crippen molar-refractivity contribution in [2.24, 2.45) is 5.73 Å². The lowest BCUT2D eigenvalue weighted by Crippen LogP contribution is -2.14. The third-order valence-corrected chi connectivity index (χ3v) is 3.17. The Kier molecular flexibility index (Phi) is 3.25. The Hall–Kier alpha value is -0.390. The highest BCUT2D eigenvalue weighted by Crippen LogP contribution is 2.28. The summed E-state index contributed by atoms with van der Waals surface area (Å²) in [6.45, 7) is 0. The predicted octanol–water partition coefficient (Wildman–Crippen LogP) is 1.99. The smallest absolute Gasteiger partial charge is 0.305 e. The van der Waals surface area contributed by atoms with Gasteiger partial charge in [0.25, 0.3) is 0 Å². The normalized spacial score (nSPS) is 12.8.